The number of nitrogens with zero attached hydrogens (tertiary/aromatic N) is 2. The van der Waals surface area contributed by atoms with Crippen molar-refractivity contribution in [1.29, 1.82) is 0 Å². The summed E-state index contributed by atoms with van der Waals surface area (Å²) >= 11 is 0. The molecule has 1 saturated carbocycles. The third kappa shape index (κ3) is 5.65. The van der Waals surface area contributed by atoms with Crippen molar-refractivity contribution >= 4 is 39.1 Å². The number of nitrogens with one attached hydrogen (secondary N) is 2. The topological polar surface area (TPSA) is 140 Å². The van der Waals surface area contributed by atoms with Gasteiger partial charge in [0, 0.05) is 11.4 Å². The molecule has 2 N–H and O–H groups in total. The van der Waals surface area contributed by atoms with Gasteiger partial charge in [-0.2, -0.15) is 0 Å². The van der Waals surface area contributed by atoms with Gasteiger partial charge in [0.1, 0.15) is 5.82 Å². The number of hydrogen-bond acceptors (Lipinski definition) is 9. The number of amides is 1. The first-order valence-electron chi connectivity index (χ1n) is 10.9. The Morgan fingerprint density at radius 3 is 2.23 bits per heavy atom. The highest BCUT2D eigenvalue weighted by Crippen LogP contribution is 2.32. The van der Waals surface area contributed by atoms with Crippen LogP contribution in [-0.4, -0.2) is 42.9 Å². The number of hydrogen-bond donors (Lipinski definition) is 2. The summed E-state index contributed by atoms with van der Waals surface area (Å²) < 4.78 is 49.0. The van der Waals surface area contributed by atoms with E-state index in [0.29, 0.717) is 37.1 Å². The van der Waals surface area contributed by atoms with Gasteiger partial charge in [-0.05, 0) is 74.2 Å². The number of carbonyl (C=O) groups excluding carboxylic acids is 2. The molecular formula is C23H23FN4O6S. The molecule has 0 aliphatic heterocycles. The van der Waals surface area contributed by atoms with Crippen LogP contribution in [-0.2, 0) is 19.4 Å². The van der Waals surface area contributed by atoms with Gasteiger partial charge in [-0.1, -0.05) is 5.10 Å². The maximum Gasteiger partial charge on any atom is 0.320 e. The number of ether oxygens (including phenoxy) is 1. The summed E-state index contributed by atoms with van der Waals surface area (Å²) in [5, 5.41) is 12.2. The number of methoxy groups -OCH3 is 1. The van der Waals surface area contributed by atoms with Crippen molar-refractivity contribution in [1.82, 2.24) is 10.2 Å². The fourth-order valence-corrected chi connectivity index (χ4v) is 5.70. The predicted molar refractivity (Wildman–Crippen MR) is 123 cm³/mol. The number of rotatable bonds is 7. The Morgan fingerprint density at radius 2 is 1.60 bits per heavy atom. The van der Waals surface area contributed by atoms with Gasteiger partial charge in [-0.3, -0.25) is 9.59 Å². The summed E-state index contributed by atoms with van der Waals surface area (Å²) in [4.78, 5) is 24.2. The van der Waals surface area contributed by atoms with Crippen LogP contribution in [0.2, 0.25) is 0 Å². The van der Waals surface area contributed by atoms with Gasteiger partial charge in [0.15, 0.2) is 9.84 Å². The normalized spacial score (nSPS) is 18.0. The SMILES string of the molecule is COC(=O)C1CCC(S(=O)(=O)c2ccc(NC(=O)c3nnc(Nc4ccc(F)cc4)o3)cc2)CC1. The first-order chi connectivity index (χ1) is 16.8. The van der Waals surface area contributed by atoms with Crippen LogP contribution in [0.4, 0.5) is 21.8 Å². The molecule has 184 valence electrons. The zero-order valence-electron chi connectivity index (χ0n) is 18.7. The average Bonchev–Trinajstić information content (AvgIpc) is 3.34. The van der Waals surface area contributed by atoms with E-state index in [1.54, 1.807) is 0 Å². The largest absolute Gasteiger partial charge is 0.469 e. The molecule has 0 radical (unpaired) electrons. The van der Waals surface area contributed by atoms with E-state index < -0.39 is 26.8 Å². The van der Waals surface area contributed by atoms with Gasteiger partial charge in [-0.15, -0.1) is 5.10 Å². The molecule has 0 spiro atoms. The van der Waals surface area contributed by atoms with Gasteiger partial charge in [-0.25, -0.2) is 12.8 Å². The summed E-state index contributed by atoms with van der Waals surface area (Å²) in [6, 6.07) is 11.2. The summed E-state index contributed by atoms with van der Waals surface area (Å²) in [5.74, 6) is -1.96. The summed E-state index contributed by atoms with van der Waals surface area (Å²) in [6.45, 7) is 0. The van der Waals surface area contributed by atoms with Crippen LogP contribution in [0.1, 0.15) is 36.4 Å². The number of esters is 1. The molecule has 1 aromatic heterocycles. The van der Waals surface area contributed by atoms with Crippen LogP contribution in [0, 0.1) is 11.7 Å². The first-order valence-corrected chi connectivity index (χ1v) is 12.4. The number of sulfone groups is 1. The number of benzene rings is 2. The molecule has 1 heterocycles. The third-order valence-electron chi connectivity index (χ3n) is 5.80. The minimum atomic E-state index is -3.58. The molecule has 0 unspecified atom stereocenters. The molecule has 4 rings (SSSR count). The Morgan fingerprint density at radius 1 is 0.971 bits per heavy atom. The van der Waals surface area contributed by atoms with Crippen molar-refractivity contribution in [3.05, 3.63) is 60.2 Å². The van der Waals surface area contributed by atoms with Crippen LogP contribution >= 0.6 is 0 Å². The molecule has 3 aromatic rings. The molecule has 0 saturated heterocycles. The van der Waals surface area contributed by atoms with Crippen LogP contribution in [0.15, 0.2) is 57.8 Å². The standard InChI is InChI=1S/C23H23FN4O6S/c1-33-22(30)14-2-10-18(11-3-14)35(31,32)19-12-8-16(9-13-19)25-20(29)21-27-28-23(34-21)26-17-6-4-15(24)5-7-17/h4-9,12-14,18H,2-3,10-11H2,1H3,(H,25,29)(H,26,28). The Balaban J connectivity index is 1.36. The zero-order chi connectivity index (χ0) is 25.0. The van der Waals surface area contributed by atoms with Crippen molar-refractivity contribution in [2.75, 3.05) is 17.7 Å². The molecule has 1 fully saturated rings. The van der Waals surface area contributed by atoms with E-state index in [1.807, 2.05) is 0 Å². The molecular weight excluding hydrogens is 479 g/mol. The lowest BCUT2D eigenvalue weighted by Gasteiger charge is -2.26. The Bertz CT molecular complexity index is 1300. The minimum Gasteiger partial charge on any atom is -0.469 e. The molecule has 0 atom stereocenters. The molecule has 1 amide bonds. The number of aromatic nitrogens is 2. The predicted octanol–water partition coefficient (Wildman–Crippen LogP) is 3.71. The fourth-order valence-electron chi connectivity index (χ4n) is 3.90. The monoisotopic (exact) mass is 502 g/mol. The zero-order valence-corrected chi connectivity index (χ0v) is 19.5. The summed E-state index contributed by atoms with van der Waals surface area (Å²) in [6.07, 6.45) is 1.69. The minimum absolute atomic E-state index is 0.0508. The second kappa shape index (κ2) is 10.2. The first kappa shape index (κ1) is 24.3. The lowest BCUT2D eigenvalue weighted by atomic mass is 9.89. The quantitative estimate of drug-likeness (QED) is 0.463. The third-order valence-corrected chi connectivity index (χ3v) is 8.08. The molecule has 2 aromatic carbocycles. The van der Waals surface area contributed by atoms with Crippen LogP contribution in [0.5, 0.6) is 0 Å². The highest BCUT2D eigenvalue weighted by atomic mass is 32.2. The van der Waals surface area contributed by atoms with E-state index in [4.69, 9.17) is 9.15 Å². The van der Waals surface area contributed by atoms with Crippen LogP contribution < -0.4 is 10.6 Å². The molecule has 0 bridgehead atoms. The maximum atomic E-state index is 13.0. The molecule has 1 aliphatic carbocycles. The highest BCUT2D eigenvalue weighted by molar-refractivity contribution is 7.92. The number of halogens is 1. The van der Waals surface area contributed by atoms with Gasteiger partial charge < -0.3 is 19.8 Å². The molecule has 12 heteroatoms. The van der Waals surface area contributed by atoms with E-state index >= 15 is 0 Å². The van der Waals surface area contributed by atoms with E-state index in [2.05, 4.69) is 20.8 Å². The van der Waals surface area contributed by atoms with Crippen molar-refractivity contribution in [3.63, 3.8) is 0 Å². The second-order valence-corrected chi connectivity index (χ2v) is 10.3. The van der Waals surface area contributed by atoms with E-state index in [1.165, 1.54) is 55.6 Å². The van der Waals surface area contributed by atoms with Crippen molar-refractivity contribution in [3.8, 4) is 0 Å². The lowest BCUT2D eigenvalue weighted by molar-refractivity contribution is -0.146. The lowest BCUT2D eigenvalue weighted by Crippen LogP contribution is -2.30. The Kier molecular flexibility index (Phi) is 7.10. The maximum absolute atomic E-state index is 13.0. The van der Waals surface area contributed by atoms with Crippen molar-refractivity contribution in [2.24, 2.45) is 5.92 Å². The van der Waals surface area contributed by atoms with Crippen LogP contribution in [0.25, 0.3) is 0 Å². The fraction of sp³-hybridized carbons (Fsp3) is 0.304. The Hall–Kier alpha value is -3.80. The van der Waals surface area contributed by atoms with Crippen molar-refractivity contribution < 1.29 is 31.6 Å². The van der Waals surface area contributed by atoms with Crippen molar-refractivity contribution in [2.45, 2.75) is 35.8 Å². The molecule has 10 nitrogen and oxygen atoms in total. The van der Waals surface area contributed by atoms with E-state index in [0.717, 1.165) is 0 Å². The number of anilines is 3. The summed E-state index contributed by atoms with van der Waals surface area (Å²) in [5.41, 5.74) is 0.840. The molecule has 35 heavy (non-hydrogen) atoms. The van der Waals surface area contributed by atoms with Gasteiger partial charge in [0.25, 0.3) is 0 Å². The van der Waals surface area contributed by atoms with Crippen LogP contribution in [0.3, 0.4) is 0 Å². The number of carbonyl (C=O) groups is 2. The molecule has 1 aliphatic rings. The van der Waals surface area contributed by atoms with Gasteiger partial charge >= 0.3 is 23.8 Å². The van der Waals surface area contributed by atoms with E-state index in [-0.39, 0.29) is 28.7 Å². The summed E-state index contributed by atoms with van der Waals surface area (Å²) in [7, 11) is -2.25. The second-order valence-electron chi connectivity index (χ2n) is 8.06. The Labute approximate surface area is 200 Å². The highest BCUT2D eigenvalue weighted by Gasteiger charge is 2.34. The van der Waals surface area contributed by atoms with Gasteiger partial charge in [0.2, 0.25) is 0 Å². The van der Waals surface area contributed by atoms with E-state index in [9.17, 15) is 22.4 Å². The average molecular weight is 503 g/mol. The van der Waals surface area contributed by atoms with Gasteiger partial charge in [0.05, 0.1) is 23.2 Å². The smallest absolute Gasteiger partial charge is 0.320 e.